The highest BCUT2D eigenvalue weighted by Gasteiger charge is 2.24. The van der Waals surface area contributed by atoms with Crippen molar-refractivity contribution in [3.8, 4) is 11.5 Å². The predicted molar refractivity (Wildman–Crippen MR) is 82.7 cm³/mol. The van der Waals surface area contributed by atoms with E-state index in [1.165, 1.54) is 0 Å². The van der Waals surface area contributed by atoms with E-state index in [2.05, 4.69) is 15.1 Å². The summed E-state index contributed by atoms with van der Waals surface area (Å²) in [6.45, 7) is 3.02. The van der Waals surface area contributed by atoms with Gasteiger partial charge in [-0.2, -0.15) is 5.10 Å². The number of piperazine rings is 1. The average Bonchev–Trinajstić information content (AvgIpc) is 3.10. The highest BCUT2D eigenvalue weighted by atomic mass is 16.7. The van der Waals surface area contributed by atoms with Gasteiger partial charge in [-0.3, -0.25) is 4.79 Å². The number of ether oxygens (including phenoxy) is 2. The molecule has 1 saturated heterocycles. The maximum atomic E-state index is 12.6. The summed E-state index contributed by atoms with van der Waals surface area (Å²) < 4.78 is 10.6. The molecule has 118 valence electrons. The first-order valence-electron chi connectivity index (χ1n) is 7.53. The second-order valence-electron chi connectivity index (χ2n) is 5.43. The number of nitrogens with zero attached hydrogens (tertiary/aromatic N) is 4. The fourth-order valence-electron chi connectivity index (χ4n) is 2.81. The van der Waals surface area contributed by atoms with Gasteiger partial charge in [-0.25, -0.2) is 0 Å². The van der Waals surface area contributed by atoms with Crippen molar-refractivity contribution >= 4 is 11.7 Å². The summed E-state index contributed by atoms with van der Waals surface area (Å²) in [5, 5.41) is 8.01. The summed E-state index contributed by atoms with van der Waals surface area (Å²) >= 11 is 0. The van der Waals surface area contributed by atoms with E-state index >= 15 is 0 Å². The molecule has 2 aromatic rings. The first-order chi connectivity index (χ1) is 11.3. The quantitative estimate of drug-likeness (QED) is 0.829. The molecule has 1 aromatic heterocycles. The first-order valence-corrected chi connectivity index (χ1v) is 7.53. The Morgan fingerprint density at radius 3 is 2.65 bits per heavy atom. The number of fused-ring (bicyclic) bond motifs is 1. The highest BCUT2D eigenvalue weighted by Crippen LogP contribution is 2.32. The lowest BCUT2D eigenvalue weighted by Gasteiger charge is -2.35. The van der Waals surface area contributed by atoms with Crippen molar-refractivity contribution in [1.29, 1.82) is 0 Å². The molecule has 1 fully saturated rings. The minimum absolute atomic E-state index is 0.0158. The summed E-state index contributed by atoms with van der Waals surface area (Å²) in [7, 11) is 0. The van der Waals surface area contributed by atoms with Gasteiger partial charge in [-0.15, -0.1) is 5.10 Å². The summed E-state index contributed by atoms with van der Waals surface area (Å²) in [5.41, 5.74) is 0.627. The maximum Gasteiger partial charge on any atom is 0.254 e. The molecule has 0 aliphatic carbocycles. The lowest BCUT2D eigenvalue weighted by Crippen LogP contribution is -2.49. The highest BCUT2D eigenvalue weighted by molar-refractivity contribution is 5.95. The first kappa shape index (κ1) is 13.8. The second kappa shape index (κ2) is 5.75. The van der Waals surface area contributed by atoms with E-state index in [1.807, 2.05) is 17.0 Å². The largest absolute Gasteiger partial charge is 0.454 e. The Kier molecular flexibility index (Phi) is 3.45. The molecule has 4 rings (SSSR count). The lowest BCUT2D eigenvalue weighted by molar-refractivity contribution is 0.0746. The number of hydrogen-bond donors (Lipinski definition) is 0. The minimum Gasteiger partial charge on any atom is -0.454 e. The minimum atomic E-state index is 0.0158. The SMILES string of the molecule is O=C(c1ccc2c(c1)OCO2)N1CCN(c2cccnn2)CC1. The van der Waals surface area contributed by atoms with Crippen LogP contribution in [0.5, 0.6) is 11.5 Å². The Morgan fingerprint density at radius 1 is 1.04 bits per heavy atom. The van der Waals surface area contributed by atoms with E-state index in [9.17, 15) is 4.79 Å². The summed E-state index contributed by atoms with van der Waals surface area (Å²) in [6.07, 6.45) is 1.66. The molecule has 2 aliphatic heterocycles. The van der Waals surface area contributed by atoms with Crippen LogP contribution in [0.4, 0.5) is 5.82 Å². The van der Waals surface area contributed by atoms with E-state index in [0.717, 1.165) is 18.9 Å². The Balaban J connectivity index is 1.43. The molecule has 7 heteroatoms. The van der Waals surface area contributed by atoms with Crippen LogP contribution < -0.4 is 14.4 Å². The van der Waals surface area contributed by atoms with Crippen molar-refractivity contribution in [3.63, 3.8) is 0 Å². The number of benzene rings is 1. The van der Waals surface area contributed by atoms with Gasteiger partial charge in [-0.05, 0) is 30.3 Å². The van der Waals surface area contributed by atoms with Crippen LogP contribution in [0.1, 0.15) is 10.4 Å². The van der Waals surface area contributed by atoms with Gasteiger partial charge in [0.15, 0.2) is 17.3 Å². The van der Waals surface area contributed by atoms with Crippen molar-refractivity contribution in [1.82, 2.24) is 15.1 Å². The molecule has 0 atom stereocenters. The van der Waals surface area contributed by atoms with Crippen molar-refractivity contribution < 1.29 is 14.3 Å². The van der Waals surface area contributed by atoms with Crippen molar-refractivity contribution in [2.24, 2.45) is 0 Å². The van der Waals surface area contributed by atoms with Gasteiger partial charge in [0.2, 0.25) is 6.79 Å². The third-order valence-electron chi connectivity index (χ3n) is 4.07. The van der Waals surface area contributed by atoms with E-state index in [4.69, 9.17) is 9.47 Å². The van der Waals surface area contributed by atoms with E-state index in [0.29, 0.717) is 30.2 Å². The number of amides is 1. The predicted octanol–water partition coefficient (Wildman–Crippen LogP) is 1.17. The standard InChI is InChI=1S/C16H16N4O3/c21-16(12-3-4-13-14(10-12)23-11-22-13)20-8-6-19(7-9-20)15-2-1-5-17-18-15/h1-5,10H,6-9,11H2. The number of carbonyl (C=O) groups is 1. The summed E-state index contributed by atoms with van der Waals surface area (Å²) in [4.78, 5) is 16.6. The smallest absolute Gasteiger partial charge is 0.254 e. The van der Waals surface area contributed by atoms with Gasteiger partial charge in [0.25, 0.3) is 5.91 Å². The van der Waals surface area contributed by atoms with Gasteiger partial charge >= 0.3 is 0 Å². The number of anilines is 1. The van der Waals surface area contributed by atoms with E-state index in [1.54, 1.807) is 24.4 Å². The third-order valence-corrected chi connectivity index (χ3v) is 4.07. The molecule has 23 heavy (non-hydrogen) atoms. The Bertz CT molecular complexity index is 715. The molecular weight excluding hydrogens is 296 g/mol. The number of rotatable bonds is 2. The Morgan fingerprint density at radius 2 is 1.87 bits per heavy atom. The van der Waals surface area contributed by atoms with Gasteiger partial charge < -0.3 is 19.3 Å². The topological polar surface area (TPSA) is 67.8 Å². The number of carbonyl (C=O) groups excluding carboxylic acids is 1. The van der Waals surface area contributed by atoms with Gasteiger partial charge in [0.1, 0.15) is 0 Å². The maximum absolute atomic E-state index is 12.6. The Labute approximate surface area is 133 Å². The zero-order valence-corrected chi connectivity index (χ0v) is 12.5. The molecule has 7 nitrogen and oxygen atoms in total. The van der Waals surface area contributed by atoms with Crippen LogP contribution in [0.15, 0.2) is 36.5 Å². The molecule has 0 saturated carbocycles. The number of aromatic nitrogens is 2. The van der Waals surface area contributed by atoms with Gasteiger partial charge in [0.05, 0.1) is 0 Å². The molecule has 0 spiro atoms. The van der Waals surface area contributed by atoms with Crippen molar-refractivity contribution in [3.05, 3.63) is 42.1 Å². The van der Waals surface area contributed by atoms with Crippen LogP contribution in [0.3, 0.4) is 0 Å². The fourth-order valence-corrected chi connectivity index (χ4v) is 2.81. The molecule has 0 bridgehead atoms. The molecule has 0 radical (unpaired) electrons. The molecule has 1 amide bonds. The third kappa shape index (κ3) is 2.65. The molecule has 0 N–H and O–H groups in total. The molecule has 1 aromatic carbocycles. The van der Waals surface area contributed by atoms with E-state index < -0.39 is 0 Å². The zero-order chi connectivity index (χ0) is 15.6. The van der Waals surface area contributed by atoms with E-state index in [-0.39, 0.29) is 12.7 Å². The van der Waals surface area contributed by atoms with Gasteiger partial charge in [0, 0.05) is 37.9 Å². The monoisotopic (exact) mass is 312 g/mol. The van der Waals surface area contributed by atoms with Crippen LogP contribution in [0.2, 0.25) is 0 Å². The fraction of sp³-hybridized carbons (Fsp3) is 0.312. The molecule has 0 unspecified atom stereocenters. The van der Waals surface area contributed by atoms with Crippen LogP contribution in [-0.2, 0) is 0 Å². The molecular formula is C16H16N4O3. The lowest BCUT2D eigenvalue weighted by atomic mass is 10.1. The van der Waals surface area contributed by atoms with Crippen LogP contribution in [0, 0.1) is 0 Å². The van der Waals surface area contributed by atoms with Gasteiger partial charge in [-0.1, -0.05) is 0 Å². The normalized spacial score (nSPS) is 16.5. The van der Waals surface area contributed by atoms with Crippen molar-refractivity contribution in [2.75, 3.05) is 37.9 Å². The number of hydrogen-bond acceptors (Lipinski definition) is 6. The molecule has 3 heterocycles. The Hall–Kier alpha value is -2.83. The van der Waals surface area contributed by atoms with Crippen molar-refractivity contribution in [2.45, 2.75) is 0 Å². The zero-order valence-electron chi connectivity index (χ0n) is 12.5. The van der Waals surface area contributed by atoms with Crippen LogP contribution in [-0.4, -0.2) is 54.0 Å². The van der Waals surface area contributed by atoms with Crippen LogP contribution in [0.25, 0.3) is 0 Å². The second-order valence-corrected chi connectivity index (χ2v) is 5.43. The van der Waals surface area contributed by atoms with Crippen LogP contribution >= 0.6 is 0 Å². The average molecular weight is 312 g/mol. The molecule has 2 aliphatic rings. The summed E-state index contributed by atoms with van der Waals surface area (Å²) in [5.74, 6) is 2.19. The summed E-state index contributed by atoms with van der Waals surface area (Å²) in [6, 6.07) is 9.12.